The summed E-state index contributed by atoms with van der Waals surface area (Å²) >= 11 is 6.33. The Balaban J connectivity index is 2.19. The van der Waals surface area contributed by atoms with Crippen molar-refractivity contribution in [2.24, 2.45) is 7.05 Å². The molecule has 96 valence electrons. The van der Waals surface area contributed by atoms with Crippen LogP contribution in [0.15, 0.2) is 35.0 Å². The Hall–Kier alpha value is -2.27. The molecule has 5 nitrogen and oxygen atoms in total. The van der Waals surface area contributed by atoms with Crippen molar-refractivity contribution in [2.75, 3.05) is 0 Å². The molecule has 0 bridgehead atoms. The molecular weight excluding hydrogens is 268 g/mol. The molecule has 3 rings (SSSR count). The molecule has 19 heavy (non-hydrogen) atoms. The van der Waals surface area contributed by atoms with Crippen LogP contribution in [-0.2, 0) is 7.05 Å². The van der Waals surface area contributed by atoms with E-state index < -0.39 is 5.97 Å². The van der Waals surface area contributed by atoms with Gasteiger partial charge in [0.1, 0.15) is 0 Å². The predicted octanol–water partition coefficient (Wildman–Crippen LogP) is 3.18. The van der Waals surface area contributed by atoms with E-state index in [0.717, 1.165) is 10.9 Å². The van der Waals surface area contributed by atoms with E-state index >= 15 is 0 Å². The molecule has 2 heterocycles. The fraction of sp³-hybridized carbons (Fsp3) is 0.0769. The third-order valence-corrected chi connectivity index (χ3v) is 3.40. The van der Waals surface area contributed by atoms with E-state index in [2.05, 4.69) is 5.16 Å². The summed E-state index contributed by atoms with van der Waals surface area (Å²) in [6.45, 7) is 0. The highest BCUT2D eigenvalue weighted by Crippen LogP contribution is 2.34. The van der Waals surface area contributed by atoms with Crippen LogP contribution < -0.4 is 0 Å². The first-order valence-corrected chi connectivity index (χ1v) is 5.89. The van der Waals surface area contributed by atoms with Gasteiger partial charge in [-0.3, -0.25) is 0 Å². The Kier molecular flexibility index (Phi) is 2.57. The van der Waals surface area contributed by atoms with Gasteiger partial charge in [-0.25, -0.2) is 4.79 Å². The van der Waals surface area contributed by atoms with Crippen LogP contribution in [0.2, 0.25) is 5.02 Å². The number of carboxylic acids is 1. The highest BCUT2D eigenvalue weighted by molar-refractivity contribution is 6.38. The van der Waals surface area contributed by atoms with E-state index in [0.29, 0.717) is 16.3 Å². The van der Waals surface area contributed by atoms with Gasteiger partial charge in [0.05, 0.1) is 5.02 Å². The molecule has 2 aromatic heterocycles. The number of carboxylic acid groups (broad SMARTS) is 1. The van der Waals surface area contributed by atoms with Gasteiger partial charge in [-0.1, -0.05) is 16.8 Å². The summed E-state index contributed by atoms with van der Waals surface area (Å²) in [5, 5.41) is 13.7. The number of hydrogen-bond donors (Lipinski definition) is 1. The van der Waals surface area contributed by atoms with Gasteiger partial charge in [-0.2, -0.15) is 0 Å². The molecule has 0 amide bonds. The van der Waals surface area contributed by atoms with E-state index in [1.165, 1.54) is 6.07 Å². The van der Waals surface area contributed by atoms with Crippen molar-refractivity contribution in [1.29, 1.82) is 0 Å². The first-order chi connectivity index (χ1) is 9.08. The fourth-order valence-electron chi connectivity index (χ4n) is 2.01. The minimum absolute atomic E-state index is 0.140. The number of aromatic carboxylic acids is 1. The third kappa shape index (κ3) is 1.79. The molecule has 1 aromatic carbocycles. The average molecular weight is 277 g/mol. The molecule has 0 fully saturated rings. The molecule has 0 spiro atoms. The lowest BCUT2D eigenvalue weighted by molar-refractivity contribution is 0.0686. The first kappa shape index (κ1) is 11.8. The smallest absolute Gasteiger partial charge is 0.358 e. The van der Waals surface area contributed by atoms with Crippen molar-refractivity contribution < 1.29 is 14.4 Å². The molecular formula is C13H9ClN2O3. The molecule has 0 aliphatic rings. The second kappa shape index (κ2) is 4.13. The van der Waals surface area contributed by atoms with Crippen molar-refractivity contribution >= 4 is 28.5 Å². The molecule has 0 unspecified atom stereocenters. The number of hydrogen-bond acceptors (Lipinski definition) is 3. The average Bonchev–Trinajstić information content (AvgIpc) is 2.98. The molecule has 0 aliphatic heterocycles. The Morgan fingerprint density at radius 3 is 2.89 bits per heavy atom. The van der Waals surface area contributed by atoms with Gasteiger partial charge in [-0.15, -0.1) is 0 Å². The minimum atomic E-state index is -1.13. The van der Waals surface area contributed by atoms with Crippen LogP contribution in [0.3, 0.4) is 0 Å². The van der Waals surface area contributed by atoms with E-state index in [9.17, 15) is 4.79 Å². The van der Waals surface area contributed by atoms with Crippen LogP contribution >= 0.6 is 11.6 Å². The molecule has 1 N–H and O–H groups in total. The van der Waals surface area contributed by atoms with Gasteiger partial charge >= 0.3 is 5.97 Å². The number of aromatic nitrogens is 2. The maximum absolute atomic E-state index is 10.8. The second-order valence-electron chi connectivity index (χ2n) is 4.17. The molecule has 0 radical (unpaired) electrons. The summed E-state index contributed by atoms with van der Waals surface area (Å²) in [5.41, 5.74) is 1.48. The predicted molar refractivity (Wildman–Crippen MR) is 70.4 cm³/mol. The Morgan fingerprint density at radius 1 is 1.42 bits per heavy atom. The lowest BCUT2D eigenvalue weighted by Crippen LogP contribution is -1.94. The normalized spacial score (nSPS) is 11.1. The van der Waals surface area contributed by atoms with Gasteiger partial charge in [0.25, 0.3) is 0 Å². The largest absolute Gasteiger partial charge is 0.476 e. The highest BCUT2D eigenvalue weighted by Gasteiger charge is 2.16. The summed E-state index contributed by atoms with van der Waals surface area (Å²) in [4.78, 5) is 10.8. The van der Waals surface area contributed by atoms with Gasteiger partial charge in [0, 0.05) is 35.8 Å². The van der Waals surface area contributed by atoms with Gasteiger partial charge in [0.15, 0.2) is 11.5 Å². The van der Waals surface area contributed by atoms with E-state index in [1.807, 2.05) is 29.9 Å². The Morgan fingerprint density at radius 2 is 2.21 bits per heavy atom. The van der Waals surface area contributed by atoms with Crippen LogP contribution in [-0.4, -0.2) is 20.8 Å². The highest BCUT2D eigenvalue weighted by atomic mass is 35.5. The number of benzene rings is 1. The van der Waals surface area contributed by atoms with Gasteiger partial charge in [-0.05, 0) is 18.2 Å². The van der Waals surface area contributed by atoms with Crippen LogP contribution in [0.1, 0.15) is 10.5 Å². The number of fused-ring (bicyclic) bond motifs is 1. The summed E-state index contributed by atoms with van der Waals surface area (Å²) in [6.07, 6.45) is 1.91. The van der Waals surface area contributed by atoms with Crippen LogP contribution in [0.4, 0.5) is 0 Å². The molecule has 0 atom stereocenters. The maximum Gasteiger partial charge on any atom is 0.358 e. The molecule has 3 aromatic rings. The van der Waals surface area contributed by atoms with Crippen molar-refractivity contribution in [3.8, 4) is 11.3 Å². The van der Waals surface area contributed by atoms with Crippen molar-refractivity contribution in [2.45, 2.75) is 0 Å². The number of aryl methyl sites for hydroxylation is 1. The first-order valence-electron chi connectivity index (χ1n) is 5.52. The van der Waals surface area contributed by atoms with Gasteiger partial charge in [0.2, 0.25) is 0 Å². The topological polar surface area (TPSA) is 68.3 Å². The standard InChI is InChI=1S/C13H9ClN2O3/c1-16-5-4-7-10(16)3-2-8(12(7)14)11-6-9(13(17)18)15-19-11/h2-6H,1H3,(H,17,18). The monoisotopic (exact) mass is 276 g/mol. The number of carbonyl (C=O) groups is 1. The lowest BCUT2D eigenvalue weighted by atomic mass is 10.1. The molecule has 0 saturated carbocycles. The summed E-state index contributed by atoms with van der Waals surface area (Å²) < 4.78 is 6.98. The number of nitrogens with zero attached hydrogens (tertiary/aromatic N) is 2. The van der Waals surface area contributed by atoms with Crippen molar-refractivity contribution in [3.05, 3.63) is 41.2 Å². The number of halogens is 1. The summed E-state index contributed by atoms with van der Waals surface area (Å²) in [6, 6.07) is 6.95. The van der Waals surface area contributed by atoms with E-state index in [1.54, 1.807) is 6.07 Å². The van der Waals surface area contributed by atoms with Gasteiger partial charge < -0.3 is 14.2 Å². The zero-order chi connectivity index (χ0) is 13.6. The minimum Gasteiger partial charge on any atom is -0.476 e. The fourth-order valence-corrected chi connectivity index (χ4v) is 2.32. The van der Waals surface area contributed by atoms with E-state index in [-0.39, 0.29) is 5.69 Å². The molecule has 0 saturated heterocycles. The SMILES string of the molecule is Cn1ccc2c(Cl)c(-c3cc(C(=O)O)no3)ccc21. The maximum atomic E-state index is 10.8. The third-order valence-electron chi connectivity index (χ3n) is 3.00. The Bertz CT molecular complexity index is 788. The zero-order valence-electron chi connectivity index (χ0n) is 9.92. The second-order valence-corrected chi connectivity index (χ2v) is 4.55. The van der Waals surface area contributed by atoms with Crippen LogP contribution in [0.25, 0.3) is 22.2 Å². The zero-order valence-corrected chi connectivity index (χ0v) is 10.7. The quantitative estimate of drug-likeness (QED) is 0.780. The van der Waals surface area contributed by atoms with Crippen LogP contribution in [0, 0.1) is 0 Å². The Labute approximate surface area is 113 Å². The summed E-state index contributed by atoms with van der Waals surface area (Å²) in [5.74, 6) is -0.792. The lowest BCUT2D eigenvalue weighted by Gasteiger charge is -2.02. The van der Waals surface area contributed by atoms with Crippen molar-refractivity contribution in [3.63, 3.8) is 0 Å². The molecule has 0 aliphatic carbocycles. The van der Waals surface area contributed by atoms with Crippen molar-refractivity contribution in [1.82, 2.24) is 9.72 Å². The summed E-state index contributed by atoms with van der Waals surface area (Å²) in [7, 11) is 1.93. The molecule has 6 heteroatoms. The number of rotatable bonds is 2. The van der Waals surface area contributed by atoms with E-state index in [4.69, 9.17) is 21.2 Å². The van der Waals surface area contributed by atoms with Crippen LogP contribution in [0.5, 0.6) is 0 Å².